The minimum Gasteiger partial charge on any atom is -0.495 e. The van der Waals surface area contributed by atoms with Crippen molar-refractivity contribution >= 4 is 127 Å². The van der Waals surface area contributed by atoms with E-state index < -0.39 is 47.3 Å². The number of benzene rings is 5. The van der Waals surface area contributed by atoms with Gasteiger partial charge in [-0.1, -0.05) is 35.3 Å². The number of carbonyl (C=O) groups excluding carboxylic acids is 6. The highest BCUT2D eigenvalue weighted by molar-refractivity contribution is 6.35. The van der Waals surface area contributed by atoms with Gasteiger partial charge in [0, 0.05) is 29.0 Å². The van der Waals surface area contributed by atoms with Gasteiger partial charge in [0.25, 0.3) is 23.6 Å². The van der Waals surface area contributed by atoms with Crippen LogP contribution in [0.25, 0.3) is 0 Å². The van der Waals surface area contributed by atoms with E-state index in [-0.39, 0.29) is 56.2 Å². The zero-order valence-electron chi connectivity index (χ0n) is 37.5. The van der Waals surface area contributed by atoms with Crippen molar-refractivity contribution in [2.45, 2.75) is 45.2 Å². The topological polar surface area (TPSA) is 218 Å². The van der Waals surface area contributed by atoms with E-state index in [1.807, 2.05) is 12.1 Å². The normalized spacial score (nSPS) is 12.0. The molecule has 0 aromatic heterocycles. The fourth-order valence-corrected chi connectivity index (χ4v) is 7.53. The van der Waals surface area contributed by atoms with Gasteiger partial charge in [0.15, 0.2) is 11.6 Å². The molecule has 16 nitrogen and oxygen atoms in total. The summed E-state index contributed by atoms with van der Waals surface area (Å²) < 4.78 is 10.9. The molecule has 4 N–H and O–H groups in total. The SMILES string of the molecule is COc1cc(CCCl)ccc1NC(=O)c1cc(N=NC(C(C)=O)C(=O)Nc2ccc(NC(=O)C(N=Nc3ccc(Cl)c(C(=O)Nc4ccc(CCCl)cc4OC)c3)C(C)=O)c(CCCl)c2)ccc1Cl. The highest BCUT2D eigenvalue weighted by atomic mass is 35.5. The smallest absolute Gasteiger partial charge is 0.258 e. The molecule has 360 valence electrons. The fraction of sp³-hybridized carbons (Fsp3) is 0.250. The highest BCUT2D eigenvalue weighted by Crippen LogP contribution is 2.31. The number of hydrogen-bond donors (Lipinski definition) is 4. The van der Waals surface area contributed by atoms with Crippen LogP contribution < -0.4 is 30.7 Å². The zero-order chi connectivity index (χ0) is 50.2. The summed E-state index contributed by atoms with van der Waals surface area (Å²) >= 11 is 30.6. The first-order valence-corrected chi connectivity index (χ1v) is 23.3. The maximum atomic E-state index is 13.5. The number of ether oxygens (including phenoxy) is 2. The molecule has 5 aromatic rings. The van der Waals surface area contributed by atoms with Crippen LogP contribution in [-0.2, 0) is 38.4 Å². The van der Waals surface area contributed by atoms with Crippen molar-refractivity contribution < 1.29 is 38.2 Å². The number of methoxy groups -OCH3 is 2. The van der Waals surface area contributed by atoms with Crippen LogP contribution in [0.2, 0.25) is 10.0 Å². The van der Waals surface area contributed by atoms with Crippen molar-refractivity contribution in [3.05, 3.63) is 129 Å². The quantitative estimate of drug-likeness (QED) is 0.0296. The van der Waals surface area contributed by atoms with Crippen molar-refractivity contribution in [2.75, 3.05) is 53.1 Å². The lowest BCUT2D eigenvalue weighted by Gasteiger charge is -2.15. The Morgan fingerprint density at radius 2 is 0.957 bits per heavy atom. The average Bonchev–Trinajstić information content (AvgIpc) is 3.31. The van der Waals surface area contributed by atoms with Gasteiger partial charge in [0.05, 0.1) is 58.1 Å². The van der Waals surface area contributed by atoms with Crippen LogP contribution in [0.4, 0.5) is 34.1 Å². The Morgan fingerprint density at radius 1 is 0.522 bits per heavy atom. The summed E-state index contributed by atoms with van der Waals surface area (Å²) in [5, 5.41) is 27.2. The van der Waals surface area contributed by atoms with Gasteiger partial charge in [-0.25, -0.2) is 0 Å². The number of carbonyl (C=O) groups is 6. The van der Waals surface area contributed by atoms with Crippen molar-refractivity contribution in [3.8, 4) is 11.5 Å². The van der Waals surface area contributed by atoms with Crippen molar-refractivity contribution in [1.29, 1.82) is 0 Å². The summed E-state index contributed by atoms with van der Waals surface area (Å²) in [6.07, 6.45) is 1.42. The van der Waals surface area contributed by atoms with E-state index in [0.29, 0.717) is 53.0 Å². The summed E-state index contributed by atoms with van der Waals surface area (Å²) in [5.74, 6) is -2.31. The highest BCUT2D eigenvalue weighted by Gasteiger charge is 2.26. The van der Waals surface area contributed by atoms with Crippen molar-refractivity contribution in [3.63, 3.8) is 0 Å². The van der Waals surface area contributed by atoms with Gasteiger partial charge < -0.3 is 30.7 Å². The van der Waals surface area contributed by atoms with Gasteiger partial charge >= 0.3 is 0 Å². The third-order valence-electron chi connectivity index (χ3n) is 10.0. The Bertz CT molecular complexity index is 2810. The van der Waals surface area contributed by atoms with Gasteiger partial charge in [-0.05, 0) is 129 Å². The number of azo groups is 2. The number of nitrogens with zero attached hydrogens (tertiary/aromatic N) is 4. The average molecular weight is 1040 g/mol. The first kappa shape index (κ1) is 53.5. The summed E-state index contributed by atoms with van der Waals surface area (Å²) in [6, 6.07) is 20.2. The van der Waals surface area contributed by atoms with Gasteiger partial charge in [0.2, 0.25) is 12.1 Å². The van der Waals surface area contributed by atoms with Gasteiger partial charge in [0.1, 0.15) is 11.5 Å². The predicted octanol–water partition coefficient (Wildman–Crippen LogP) is 11.2. The summed E-state index contributed by atoms with van der Waals surface area (Å²) in [5.41, 5.74) is 3.90. The third kappa shape index (κ3) is 14.8. The van der Waals surface area contributed by atoms with Gasteiger partial charge in [-0.15, -0.1) is 34.8 Å². The first-order valence-electron chi connectivity index (χ1n) is 20.9. The number of amides is 4. The van der Waals surface area contributed by atoms with Crippen LogP contribution >= 0.6 is 58.0 Å². The van der Waals surface area contributed by atoms with Crippen LogP contribution in [0.5, 0.6) is 11.5 Å². The number of halogens is 5. The molecule has 5 aromatic carbocycles. The van der Waals surface area contributed by atoms with Gasteiger partial charge in [-0.2, -0.15) is 20.5 Å². The number of rotatable bonds is 22. The molecule has 0 heterocycles. The monoisotopic (exact) mass is 1040 g/mol. The minimum absolute atomic E-state index is 0.0416. The first-order chi connectivity index (χ1) is 33.1. The number of aryl methyl sites for hydroxylation is 3. The Labute approximate surface area is 422 Å². The largest absolute Gasteiger partial charge is 0.495 e. The molecule has 2 atom stereocenters. The molecule has 0 bridgehead atoms. The Hall–Kier alpha value is -6.43. The summed E-state index contributed by atoms with van der Waals surface area (Å²) in [6.45, 7) is 2.34. The molecule has 5 rings (SSSR count). The van der Waals surface area contributed by atoms with E-state index in [2.05, 4.69) is 41.7 Å². The van der Waals surface area contributed by atoms with E-state index in [1.54, 1.807) is 24.3 Å². The number of nitrogens with one attached hydrogen (secondary N) is 4. The van der Waals surface area contributed by atoms with Crippen LogP contribution in [0.15, 0.2) is 111 Å². The molecular weight excluding hydrogens is 994 g/mol. The maximum Gasteiger partial charge on any atom is 0.258 e. The lowest BCUT2D eigenvalue weighted by molar-refractivity contribution is -0.127. The molecule has 0 spiro atoms. The van der Waals surface area contributed by atoms with E-state index in [4.69, 9.17) is 67.5 Å². The number of hydrogen-bond acceptors (Lipinski definition) is 12. The Balaban J connectivity index is 1.27. The van der Waals surface area contributed by atoms with E-state index in [9.17, 15) is 28.8 Å². The molecule has 0 radical (unpaired) electrons. The minimum atomic E-state index is -1.60. The second kappa shape index (κ2) is 25.8. The van der Waals surface area contributed by atoms with E-state index >= 15 is 0 Å². The Kier molecular flexibility index (Phi) is 20.0. The molecule has 0 saturated carbocycles. The Morgan fingerprint density at radius 3 is 1.38 bits per heavy atom. The van der Waals surface area contributed by atoms with E-state index in [0.717, 1.165) is 11.1 Å². The van der Waals surface area contributed by atoms with Gasteiger partial charge in [-0.3, -0.25) is 28.8 Å². The summed E-state index contributed by atoms with van der Waals surface area (Å²) in [7, 11) is 2.94. The molecule has 0 fully saturated rings. The number of Topliss-reactive ketones (excluding diaryl/α,β-unsaturated/α-hetero) is 2. The predicted molar refractivity (Wildman–Crippen MR) is 270 cm³/mol. The molecular formula is C48H45Cl5N8O8. The van der Waals surface area contributed by atoms with Crippen molar-refractivity contribution in [2.24, 2.45) is 20.5 Å². The van der Waals surface area contributed by atoms with Crippen LogP contribution in [-0.4, -0.2) is 79.1 Å². The molecule has 21 heteroatoms. The number of alkyl halides is 3. The number of anilines is 4. The standard InChI is InChI=1S/C48H45Cl5N8O8/c1-26(62)43(60-58-32-7-10-36(52)34(24-32)45(64)56-39-12-5-28(15-18-49)21-41(39)68-3)47(66)54-31-9-14-38(30(23-31)17-20-51)55-48(67)44(27(2)63)61-59-33-8-11-37(53)35(25-33)46(65)57-40-13-6-29(16-19-50)22-42(40)69-4/h5-14,21-25,43-44H,15-20H2,1-4H3,(H,54,66)(H,55,67)(H,56,64)(H,57,65). The lowest BCUT2D eigenvalue weighted by Crippen LogP contribution is -2.32. The van der Waals surface area contributed by atoms with Crippen molar-refractivity contribution in [1.82, 2.24) is 0 Å². The lowest BCUT2D eigenvalue weighted by atomic mass is 10.1. The maximum absolute atomic E-state index is 13.5. The van der Waals surface area contributed by atoms with Crippen LogP contribution in [0.3, 0.4) is 0 Å². The molecule has 0 aliphatic rings. The second-order valence-corrected chi connectivity index (χ2v) is 16.9. The summed E-state index contributed by atoms with van der Waals surface area (Å²) in [4.78, 5) is 79.0. The van der Waals surface area contributed by atoms with Crippen LogP contribution in [0, 0.1) is 0 Å². The van der Waals surface area contributed by atoms with Crippen LogP contribution in [0.1, 0.15) is 51.3 Å². The molecule has 2 unspecified atom stereocenters. The molecule has 4 amide bonds. The number of ketones is 2. The third-order valence-corrected chi connectivity index (χ3v) is 11.2. The second-order valence-electron chi connectivity index (χ2n) is 14.9. The molecule has 0 saturated heterocycles. The molecule has 0 aliphatic carbocycles. The molecule has 0 aliphatic heterocycles. The fourth-order valence-electron chi connectivity index (χ4n) is 6.48. The molecule has 69 heavy (non-hydrogen) atoms. The zero-order valence-corrected chi connectivity index (χ0v) is 41.3. The van der Waals surface area contributed by atoms with E-state index in [1.165, 1.54) is 82.7 Å².